The minimum Gasteiger partial charge on any atom is -0.381 e. The minimum atomic E-state index is -2.98. The average molecular weight is 521 g/mol. The molecule has 2 saturated carbocycles. The SMILES string of the molecule is C[C@@H](NC(=O)c1cn(C2(CF)CC2)c(=O)cc1N[C@H]1[C@@H]2CC[C@H]1CN(C)C2)c1cccc(C(F)F)c1F. The maximum absolute atomic E-state index is 14.7. The van der Waals surface area contributed by atoms with Crippen LogP contribution in [0.4, 0.5) is 23.2 Å². The number of anilines is 1. The predicted octanol–water partition coefficient (Wildman–Crippen LogP) is 4.63. The zero-order valence-corrected chi connectivity index (χ0v) is 20.9. The fourth-order valence-corrected chi connectivity index (χ4v) is 6.08. The van der Waals surface area contributed by atoms with E-state index in [4.69, 9.17) is 0 Å². The molecule has 1 saturated heterocycles. The van der Waals surface area contributed by atoms with Gasteiger partial charge in [0, 0.05) is 37.0 Å². The molecule has 0 spiro atoms. The molecular formula is C27H32F4N4O2. The third-order valence-corrected chi connectivity index (χ3v) is 8.33. The smallest absolute Gasteiger partial charge is 0.266 e. The van der Waals surface area contributed by atoms with Crippen molar-refractivity contribution in [3.63, 3.8) is 0 Å². The topological polar surface area (TPSA) is 66.4 Å². The summed E-state index contributed by atoms with van der Waals surface area (Å²) in [5.74, 6) is -0.924. The molecule has 3 fully saturated rings. The van der Waals surface area contributed by atoms with Gasteiger partial charge in [-0.2, -0.15) is 0 Å². The van der Waals surface area contributed by atoms with Gasteiger partial charge in [-0.05, 0) is 51.5 Å². The van der Waals surface area contributed by atoms with Crippen molar-refractivity contribution in [1.29, 1.82) is 0 Å². The summed E-state index contributed by atoms with van der Waals surface area (Å²) in [6, 6.07) is 4.21. The maximum atomic E-state index is 14.7. The van der Waals surface area contributed by atoms with Gasteiger partial charge in [0.15, 0.2) is 0 Å². The first-order valence-corrected chi connectivity index (χ1v) is 12.8. The van der Waals surface area contributed by atoms with Gasteiger partial charge in [-0.15, -0.1) is 0 Å². The van der Waals surface area contributed by atoms with Gasteiger partial charge < -0.3 is 20.1 Å². The first-order chi connectivity index (χ1) is 17.6. The fraction of sp³-hybridized carbons (Fsp3) is 0.556. The van der Waals surface area contributed by atoms with Crippen LogP contribution in [0.15, 0.2) is 35.3 Å². The van der Waals surface area contributed by atoms with E-state index >= 15 is 0 Å². The van der Waals surface area contributed by atoms with E-state index in [0.717, 1.165) is 32.0 Å². The number of carbonyl (C=O) groups is 1. The molecule has 10 heteroatoms. The van der Waals surface area contributed by atoms with Gasteiger partial charge >= 0.3 is 0 Å². The summed E-state index contributed by atoms with van der Waals surface area (Å²) >= 11 is 0. The van der Waals surface area contributed by atoms with Crippen molar-refractivity contribution in [2.45, 2.75) is 56.7 Å². The van der Waals surface area contributed by atoms with Crippen molar-refractivity contribution < 1.29 is 22.4 Å². The van der Waals surface area contributed by atoms with E-state index in [1.54, 1.807) is 0 Å². The Morgan fingerprint density at radius 2 is 1.81 bits per heavy atom. The van der Waals surface area contributed by atoms with Crippen LogP contribution in [-0.2, 0) is 5.54 Å². The highest BCUT2D eigenvalue weighted by Crippen LogP contribution is 2.44. The van der Waals surface area contributed by atoms with Crippen molar-refractivity contribution in [1.82, 2.24) is 14.8 Å². The molecule has 1 amide bonds. The number of pyridine rings is 1. The van der Waals surface area contributed by atoms with E-state index in [1.165, 1.54) is 35.9 Å². The summed E-state index contributed by atoms with van der Waals surface area (Å²) in [4.78, 5) is 28.8. The third-order valence-electron chi connectivity index (χ3n) is 8.33. The Hall–Kier alpha value is -2.88. The van der Waals surface area contributed by atoms with E-state index in [2.05, 4.69) is 22.6 Å². The molecule has 6 nitrogen and oxygen atoms in total. The van der Waals surface area contributed by atoms with Crippen LogP contribution in [-0.4, -0.2) is 48.2 Å². The molecule has 5 rings (SSSR count). The standard InChI is InChI=1S/C27H32F4N4O2/c1-15(18-4-3-5-19(23(18)29)25(30)31)32-26(37)20-13-35(27(14-28)8-9-27)22(36)10-21(20)33-24-16-6-7-17(24)12-34(2)11-16/h3-5,10,13,15-17,24-25,33H,6-9,11-12,14H2,1-2H3,(H,32,37)/t15-,16-,17+,24+/m1/s1. The molecule has 2 bridgehead atoms. The number of carbonyl (C=O) groups excluding carboxylic acids is 1. The van der Waals surface area contributed by atoms with Gasteiger partial charge in [0.25, 0.3) is 17.9 Å². The van der Waals surface area contributed by atoms with E-state index < -0.39 is 47.5 Å². The number of alkyl halides is 3. The summed E-state index contributed by atoms with van der Waals surface area (Å²) < 4.78 is 56.3. The Balaban J connectivity index is 1.47. The Labute approximate surface area is 213 Å². The second-order valence-electron chi connectivity index (χ2n) is 10.9. The number of hydrogen-bond acceptors (Lipinski definition) is 4. The molecular weight excluding hydrogens is 488 g/mol. The number of halogens is 4. The lowest BCUT2D eigenvalue weighted by Gasteiger charge is -2.37. The quantitative estimate of drug-likeness (QED) is 0.499. The number of rotatable bonds is 8. The first kappa shape index (κ1) is 25.8. The average Bonchev–Trinajstić information content (AvgIpc) is 3.60. The van der Waals surface area contributed by atoms with Crippen LogP contribution in [0.1, 0.15) is 66.6 Å². The lowest BCUT2D eigenvalue weighted by molar-refractivity contribution is 0.0938. The highest BCUT2D eigenvalue weighted by molar-refractivity contribution is 5.99. The molecule has 2 heterocycles. The Morgan fingerprint density at radius 1 is 1.16 bits per heavy atom. The molecule has 0 unspecified atom stereocenters. The van der Waals surface area contributed by atoms with E-state index in [1.807, 2.05) is 0 Å². The summed E-state index contributed by atoms with van der Waals surface area (Å²) in [6.07, 6.45) is 1.50. The molecule has 3 aliphatic rings. The molecule has 2 aromatic rings. The monoisotopic (exact) mass is 520 g/mol. The van der Waals surface area contributed by atoms with E-state index in [0.29, 0.717) is 30.4 Å². The molecule has 1 aliphatic heterocycles. The molecule has 1 aromatic heterocycles. The van der Waals surface area contributed by atoms with Gasteiger partial charge in [-0.1, -0.05) is 18.2 Å². The lowest BCUT2D eigenvalue weighted by atomic mass is 9.92. The van der Waals surface area contributed by atoms with Crippen LogP contribution in [0, 0.1) is 17.7 Å². The van der Waals surface area contributed by atoms with Crippen LogP contribution in [0.3, 0.4) is 0 Å². The normalized spacial score (nSPS) is 25.2. The number of aromatic nitrogens is 1. The molecule has 0 radical (unpaired) electrons. The summed E-state index contributed by atoms with van der Waals surface area (Å²) in [5.41, 5.74) is -1.63. The molecule has 1 aromatic carbocycles. The van der Waals surface area contributed by atoms with Gasteiger partial charge in [0.05, 0.1) is 28.4 Å². The van der Waals surface area contributed by atoms with Crippen molar-refractivity contribution in [3.05, 3.63) is 63.3 Å². The number of likely N-dealkylation sites (tertiary alicyclic amines) is 1. The fourth-order valence-electron chi connectivity index (χ4n) is 6.08. The van der Waals surface area contributed by atoms with Gasteiger partial charge in [-0.3, -0.25) is 9.59 Å². The van der Waals surface area contributed by atoms with Crippen LogP contribution >= 0.6 is 0 Å². The Bertz CT molecular complexity index is 1230. The second kappa shape index (κ2) is 9.78. The van der Waals surface area contributed by atoms with Gasteiger partial charge in [0.2, 0.25) is 0 Å². The maximum Gasteiger partial charge on any atom is 0.266 e. The first-order valence-electron chi connectivity index (χ1n) is 12.8. The molecule has 200 valence electrons. The van der Waals surface area contributed by atoms with Crippen LogP contribution < -0.4 is 16.2 Å². The summed E-state index contributed by atoms with van der Waals surface area (Å²) in [6.45, 7) is 2.61. The number of hydrogen-bond donors (Lipinski definition) is 2. The number of piperidine rings is 1. The number of nitrogens with zero attached hydrogens (tertiary/aromatic N) is 2. The summed E-state index contributed by atoms with van der Waals surface area (Å²) in [5, 5.41) is 6.15. The van der Waals surface area contributed by atoms with Crippen LogP contribution in [0.2, 0.25) is 0 Å². The number of fused-ring (bicyclic) bond motifs is 2. The van der Waals surface area contributed by atoms with E-state index in [-0.39, 0.29) is 17.2 Å². The van der Waals surface area contributed by atoms with Crippen molar-refractivity contribution in [2.75, 3.05) is 32.1 Å². The zero-order chi connectivity index (χ0) is 26.5. The lowest BCUT2D eigenvalue weighted by Crippen LogP contribution is -2.47. The number of nitrogens with one attached hydrogen (secondary N) is 2. The number of benzene rings is 1. The molecule has 37 heavy (non-hydrogen) atoms. The third kappa shape index (κ3) is 4.76. The molecule has 2 N–H and O–H groups in total. The Kier molecular flexibility index (Phi) is 6.81. The van der Waals surface area contributed by atoms with Crippen LogP contribution in [0.5, 0.6) is 0 Å². The largest absolute Gasteiger partial charge is 0.381 e. The minimum absolute atomic E-state index is 0.0650. The summed E-state index contributed by atoms with van der Waals surface area (Å²) in [7, 11) is 2.08. The molecule has 4 atom stereocenters. The van der Waals surface area contributed by atoms with Crippen molar-refractivity contribution in [2.24, 2.45) is 11.8 Å². The van der Waals surface area contributed by atoms with Crippen molar-refractivity contribution >= 4 is 11.6 Å². The van der Waals surface area contributed by atoms with Gasteiger partial charge in [-0.25, -0.2) is 17.6 Å². The van der Waals surface area contributed by atoms with E-state index in [9.17, 15) is 27.2 Å². The highest BCUT2D eigenvalue weighted by Gasteiger charge is 2.46. The van der Waals surface area contributed by atoms with Crippen LogP contribution in [0.25, 0.3) is 0 Å². The Morgan fingerprint density at radius 3 is 2.41 bits per heavy atom. The molecule has 2 aliphatic carbocycles. The predicted molar refractivity (Wildman–Crippen MR) is 132 cm³/mol. The second-order valence-corrected chi connectivity index (χ2v) is 10.9. The highest BCUT2D eigenvalue weighted by atomic mass is 19.3. The van der Waals surface area contributed by atoms with Gasteiger partial charge in [0.1, 0.15) is 12.5 Å². The number of amides is 1. The van der Waals surface area contributed by atoms with Crippen molar-refractivity contribution in [3.8, 4) is 0 Å². The zero-order valence-electron chi connectivity index (χ0n) is 20.9.